The van der Waals surface area contributed by atoms with E-state index < -0.39 is 0 Å². The highest BCUT2D eigenvalue weighted by Gasteiger charge is 2.32. The van der Waals surface area contributed by atoms with Gasteiger partial charge in [-0.05, 0) is 61.9 Å². The summed E-state index contributed by atoms with van der Waals surface area (Å²) in [5.74, 6) is 0. The third kappa shape index (κ3) is 4.07. The van der Waals surface area contributed by atoms with Crippen molar-refractivity contribution >= 4 is 6.21 Å². The summed E-state index contributed by atoms with van der Waals surface area (Å²) >= 11 is 0. The van der Waals surface area contributed by atoms with Gasteiger partial charge in [0.1, 0.15) is 0 Å². The van der Waals surface area contributed by atoms with Crippen LogP contribution in [0.25, 0.3) is 0 Å². The Hall–Kier alpha value is -1.41. The second kappa shape index (κ2) is 8.28. The Morgan fingerprint density at radius 3 is 2.95 bits per heavy atom. The molecule has 0 radical (unpaired) electrons. The van der Waals surface area contributed by atoms with Crippen molar-refractivity contribution in [3.05, 3.63) is 47.2 Å². The molecule has 2 aliphatic rings. The normalized spacial score (nSPS) is 24.0. The van der Waals surface area contributed by atoms with Crippen molar-refractivity contribution in [2.45, 2.75) is 52.9 Å². The molecule has 0 aromatic rings. The number of allylic oxidation sites excluding steroid dienone is 7. The molecule has 0 spiro atoms. The quantitative estimate of drug-likeness (QED) is 0.497. The summed E-state index contributed by atoms with van der Waals surface area (Å²) in [5.41, 5.74) is 4.50. The fourth-order valence-corrected chi connectivity index (χ4v) is 3.25. The molecule has 1 heterocycles. The van der Waals surface area contributed by atoms with E-state index in [-0.39, 0.29) is 5.41 Å². The Morgan fingerprint density at radius 1 is 1.32 bits per heavy atom. The van der Waals surface area contributed by atoms with Crippen LogP contribution in [0.2, 0.25) is 0 Å². The molecule has 0 aromatic carbocycles. The van der Waals surface area contributed by atoms with E-state index in [1.807, 2.05) is 0 Å². The van der Waals surface area contributed by atoms with Gasteiger partial charge >= 0.3 is 0 Å². The molecule has 2 rings (SSSR count). The maximum atomic E-state index is 4.62. The zero-order valence-electron chi connectivity index (χ0n) is 14.4. The van der Waals surface area contributed by atoms with Crippen LogP contribution >= 0.6 is 0 Å². The van der Waals surface area contributed by atoms with Gasteiger partial charge in [-0.2, -0.15) is 0 Å². The van der Waals surface area contributed by atoms with Crippen LogP contribution in [0.3, 0.4) is 0 Å². The largest absolute Gasteiger partial charge is 0.317 e. The molecule has 120 valence electrons. The van der Waals surface area contributed by atoms with Crippen LogP contribution in [0.5, 0.6) is 0 Å². The summed E-state index contributed by atoms with van der Waals surface area (Å²) < 4.78 is 0. The van der Waals surface area contributed by atoms with E-state index >= 15 is 0 Å². The average molecular weight is 298 g/mol. The molecule has 1 unspecified atom stereocenters. The molecule has 0 bridgehead atoms. The number of hydrogen-bond acceptors (Lipinski definition) is 2. The zero-order valence-corrected chi connectivity index (χ0v) is 14.4. The van der Waals surface area contributed by atoms with Crippen molar-refractivity contribution in [3.63, 3.8) is 0 Å². The minimum Gasteiger partial charge on any atom is -0.317 e. The van der Waals surface area contributed by atoms with Crippen molar-refractivity contribution in [3.8, 4) is 0 Å². The number of hydrogen-bond donors (Lipinski definition) is 1. The Bertz CT molecular complexity index is 520. The second-order valence-electron chi connectivity index (χ2n) is 6.39. The van der Waals surface area contributed by atoms with Crippen molar-refractivity contribution in [1.82, 2.24) is 5.32 Å². The SMILES string of the molecule is CC/C=C\CC1=CN=CC2(C)CC=CC2=C1CCCNCC. The van der Waals surface area contributed by atoms with Crippen LogP contribution in [0.1, 0.15) is 52.9 Å². The highest BCUT2D eigenvalue weighted by Crippen LogP contribution is 2.43. The number of nitrogens with one attached hydrogen (secondary N) is 1. The lowest BCUT2D eigenvalue weighted by Gasteiger charge is -2.23. The van der Waals surface area contributed by atoms with Crippen molar-refractivity contribution in [2.75, 3.05) is 13.1 Å². The fourth-order valence-electron chi connectivity index (χ4n) is 3.25. The van der Waals surface area contributed by atoms with Gasteiger partial charge in [-0.1, -0.05) is 45.1 Å². The number of aliphatic imine (C=N–C) groups is 1. The van der Waals surface area contributed by atoms with Gasteiger partial charge in [0.2, 0.25) is 0 Å². The molecule has 1 aliphatic carbocycles. The predicted octanol–water partition coefficient (Wildman–Crippen LogP) is 4.96. The summed E-state index contributed by atoms with van der Waals surface area (Å²) in [6.45, 7) is 8.80. The summed E-state index contributed by atoms with van der Waals surface area (Å²) in [6.07, 6.45) is 18.9. The minimum absolute atomic E-state index is 0.0975. The highest BCUT2D eigenvalue weighted by molar-refractivity contribution is 5.76. The van der Waals surface area contributed by atoms with Gasteiger partial charge in [-0.15, -0.1) is 0 Å². The third-order valence-corrected chi connectivity index (χ3v) is 4.51. The molecular formula is C20H30N2. The predicted molar refractivity (Wildman–Crippen MR) is 97.3 cm³/mol. The molecule has 1 aliphatic heterocycles. The third-order valence-electron chi connectivity index (χ3n) is 4.51. The van der Waals surface area contributed by atoms with Crippen LogP contribution in [-0.4, -0.2) is 19.3 Å². The van der Waals surface area contributed by atoms with Gasteiger partial charge in [-0.25, -0.2) is 0 Å². The van der Waals surface area contributed by atoms with Crippen LogP contribution in [0.4, 0.5) is 0 Å². The van der Waals surface area contributed by atoms with Crippen molar-refractivity contribution in [1.29, 1.82) is 0 Å². The fraction of sp³-hybridized carbons (Fsp3) is 0.550. The lowest BCUT2D eigenvalue weighted by molar-refractivity contribution is 0.604. The van der Waals surface area contributed by atoms with E-state index in [1.165, 1.54) is 23.1 Å². The molecular weight excluding hydrogens is 268 g/mol. The molecule has 0 fully saturated rings. The van der Waals surface area contributed by atoms with Crippen molar-refractivity contribution < 1.29 is 0 Å². The van der Waals surface area contributed by atoms with Crippen molar-refractivity contribution in [2.24, 2.45) is 10.4 Å². The Labute approximate surface area is 135 Å². The van der Waals surface area contributed by atoms with Crippen LogP contribution < -0.4 is 5.32 Å². The topological polar surface area (TPSA) is 24.4 Å². The van der Waals surface area contributed by atoms with Crippen LogP contribution in [-0.2, 0) is 0 Å². The summed E-state index contributed by atoms with van der Waals surface area (Å²) in [5, 5.41) is 3.43. The monoisotopic (exact) mass is 298 g/mol. The van der Waals surface area contributed by atoms with E-state index in [9.17, 15) is 0 Å². The second-order valence-corrected chi connectivity index (χ2v) is 6.39. The van der Waals surface area contributed by atoms with Crippen LogP contribution in [0.15, 0.2) is 52.2 Å². The van der Waals surface area contributed by atoms with E-state index in [4.69, 9.17) is 0 Å². The maximum Gasteiger partial charge on any atom is 0.0315 e. The maximum absolute atomic E-state index is 4.62. The highest BCUT2D eigenvalue weighted by atomic mass is 14.8. The molecule has 2 nitrogen and oxygen atoms in total. The smallest absolute Gasteiger partial charge is 0.0315 e. The standard InChI is InChI=1S/C20H30N2/c1-4-6-7-10-17-15-22-16-20(3)13-8-12-19(20)18(17)11-9-14-21-5-2/h6-8,12,15-16,21H,4-5,9-11,13-14H2,1-3H3/b7-6-. The van der Waals surface area contributed by atoms with Gasteiger partial charge < -0.3 is 5.32 Å². The Morgan fingerprint density at radius 2 is 2.18 bits per heavy atom. The van der Waals surface area contributed by atoms with Gasteiger partial charge in [0.05, 0.1) is 0 Å². The molecule has 0 saturated carbocycles. The first-order valence-corrected chi connectivity index (χ1v) is 8.71. The first-order valence-electron chi connectivity index (χ1n) is 8.71. The molecule has 0 amide bonds. The van der Waals surface area contributed by atoms with E-state index in [0.29, 0.717) is 0 Å². The van der Waals surface area contributed by atoms with E-state index in [1.54, 1.807) is 0 Å². The lowest BCUT2D eigenvalue weighted by atomic mass is 9.80. The van der Waals surface area contributed by atoms with Crippen LogP contribution in [0, 0.1) is 5.41 Å². The van der Waals surface area contributed by atoms with E-state index in [0.717, 1.165) is 38.8 Å². The first-order chi connectivity index (χ1) is 10.7. The molecule has 2 heteroatoms. The van der Waals surface area contributed by atoms with Gasteiger partial charge in [0.25, 0.3) is 0 Å². The number of rotatable bonds is 8. The van der Waals surface area contributed by atoms with Gasteiger partial charge in [-0.3, -0.25) is 4.99 Å². The molecule has 1 atom stereocenters. The molecule has 0 saturated heterocycles. The van der Waals surface area contributed by atoms with E-state index in [2.05, 4.69) is 67.8 Å². The summed E-state index contributed by atoms with van der Waals surface area (Å²) in [6, 6.07) is 0. The number of nitrogens with zero attached hydrogens (tertiary/aromatic N) is 1. The summed E-state index contributed by atoms with van der Waals surface area (Å²) in [4.78, 5) is 4.62. The molecule has 1 N–H and O–H groups in total. The molecule has 22 heavy (non-hydrogen) atoms. The number of fused-ring (bicyclic) bond motifs is 1. The van der Waals surface area contributed by atoms with Gasteiger partial charge in [0, 0.05) is 17.8 Å². The molecule has 0 aromatic heterocycles. The Balaban J connectivity index is 2.22. The summed E-state index contributed by atoms with van der Waals surface area (Å²) in [7, 11) is 0. The first kappa shape index (κ1) is 17.0. The lowest BCUT2D eigenvalue weighted by Crippen LogP contribution is -2.18. The Kier molecular flexibility index (Phi) is 6.38. The minimum atomic E-state index is 0.0975. The average Bonchev–Trinajstić information content (AvgIpc) is 2.83. The zero-order chi connectivity index (χ0) is 15.8. The van der Waals surface area contributed by atoms with Gasteiger partial charge in [0.15, 0.2) is 0 Å².